The number of primary amides is 1. The Hall–Kier alpha value is -1.73. The number of sulfonamides is 1. The van der Waals surface area contributed by atoms with Gasteiger partial charge in [0.2, 0.25) is 15.8 Å². The van der Waals surface area contributed by atoms with Crippen molar-refractivity contribution in [3.8, 4) is 0 Å². The zero-order chi connectivity index (χ0) is 15.2. The molecule has 0 fully saturated rings. The molecule has 0 spiro atoms. The Balaban J connectivity index is 2.94. The molecular weight excluding hydrogens is 280 g/mol. The van der Waals surface area contributed by atoms with Gasteiger partial charge in [-0.25, -0.2) is 13.1 Å². The molecule has 1 rings (SSSR count). The lowest BCUT2D eigenvalue weighted by atomic mass is 10.1. The first kappa shape index (κ1) is 16.3. The van der Waals surface area contributed by atoms with Gasteiger partial charge in [0.15, 0.2) is 0 Å². The lowest BCUT2D eigenvalue weighted by Crippen LogP contribution is -2.45. The maximum absolute atomic E-state index is 12.1. The van der Waals surface area contributed by atoms with Crippen molar-refractivity contribution in [3.05, 3.63) is 30.3 Å². The summed E-state index contributed by atoms with van der Waals surface area (Å²) in [5.74, 6) is -2.06. The monoisotopic (exact) mass is 298 g/mol. The number of amides is 1. The maximum Gasteiger partial charge on any atom is 0.286 e. The largest absolute Gasteiger partial charge is 0.363 e. The van der Waals surface area contributed by atoms with Crippen molar-refractivity contribution in [1.29, 1.82) is 0 Å². The number of ketones is 1. The lowest BCUT2D eigenvalue weighted by molar-refractivity contribution is -0.137. The Kier molecular flexibility index (Phi) is 5.84. The maximum atomic E-state index is 12.1. The van der Waals surface area contributed by atoms with E-state index < -0.39 is 27.8 Å². The van der Waals surface area contributed by atoms with E-state index in [-0.39, 0.29) is 11.3 Å². The van der Waals surface area contributed by atoms with Crippen LogP contribution in [0.15, 0.2) is 35.2 Å². The van der Waals surface area contributed by atoms with E-state index in [1.165, 1.54) is 12.1 Å². The molecule has 0 aliphatic rings. The van der Waals surface area contributed by atoms with Crippen LogP contribution in [-0.4, -0.2) is 26.2 Å². The van der Waals surface area contributed by atoms with Gasteiger partial charge in [-0.15, -0.1) is 0 Å². The third-order valence-corrected chi connectivity index (χ3v) is 4.24. The first-order valence-corrected chi connectivity index (χ1v) is 7.78. The third kappa shape index (κ3) is 4.43. The van der Waals surface area contributed by atoms with E-state index in [0.29, 0.717) is 6.42 Å². The van der Waals surface area contributed by atoms with Crippen LogP contribution in [-0.2, 0) is 19.6 Å². The van der Waals surface area contributed by atoms with Crippen LogP contribution >= 0.6 is 0 Å². The molecule has 7 heteroatoms. The van der Waals surface area contributed by atoms with Crippen molar-refractivity contribution in [2.75, 3.05) is 0 Å². The molecule has 1 unspecified atom stereocenters. The van der Waals surface area contributed by atoms with Crippen molar-refractivity contribution in [1.82, 2.24) is 4.72 Å². The van der Waals surface area contributed by atoms with Crippen LogP contribution in [0.25, 0.3) is 0 Å². The highest BCUT2D eigenvalue weighted by Gasteiger charge is 2.28. The summed E-state index contributed by atoms with van der Waals surface area (Å²) in [6, 6.07) is 6.54. The van der Waals surface area contributed by atoms with E-state index >= 15 is 0 Å². The minimum atomic E-state index is -3.85. The average molecular weight is 298 g/mol. The molecule has 20 heavy (non-hydrogen) atoms. The van der Waals surface area contributed by atoms with Crippen molar-refractivity contribution in [2.24, 2.45) is 5.73 Å². The van der Waals surface area contributed by atoms with Crippen molar-refractivity contribution >= 4 is 21.7 Å². The number of nitrogens with one attached hydrogen (secondary N) is 1. The summed E-state index contributed by atoms with van der Waals surface area (Å²) in [7, 11) is -3.85. The summed E-state index contributed by atoms with van der Waals surface area (Å²) in [6.07, 6.45) is 1.63. The van der Waals surface area contributed by atoms with Gasteiger partial charge in [0.05, 0.1) is 10.9 Å². The minimum Gasteiger partial charge on any atom is -0.363 e. The zero-order valence-electron chi connectivity index (χ0n) is 11.2. The quantitative estimate of drug-likeness (QED) is 0.684. The first-order chi connectivity index (χ1) is 9.38. The summed E-state index contributed by atoms with van der Waals surface area (Å²) >= 11 is 0. The lowest BCUT2D eigenvalue weighted by Gasteiger charge is -2.16. The normalized spacial score (nSPS) is 12.8. The highest BCUT2D eigenvalue weighted by Crippen LogP contribution is 2.11. The highest BCUT2D eigenvalue weighted by atomic mass is 32.2. The van der Waals surface area contributed by atoms with E-state index in [1.54, 1.807) is 18.2 Å². The molecule has 0 bridgehead atoms. The fourth-order valence-corrected chi connectivity index (χ4v) is 2.93. The molecule has 1 atom stereocenters. The average Bonchev–Trinajstić information content (AvgIpc) is 2.43. The topological polar surface area (TPSA) is 106 Å². The Morgan fingerprint density at radius 1 is 1.25 bits per heavy atom. The summed E-state index contributed by atoms with van der Waals surface area (Å²) in [5, 5.41) is 0. The fourth-order valence-electron chi connectivity index (χ4n) is 1.68. The molecule has 0 saturated carbocycles. The van der Waals surface area contributed by atoms with E-state index in [2.05, 4.69) is 4.72 Å². The second kappa shape index (κ2) is 7.16. The van der Waals surface area contributed by atoms with Crippen molar-refractivity contribution in [3.63, 3.8) is 0 Å². The van der Waals surface area contributed by atoms with Gasteiger partial charge >= 0.3 is 0 Å². The number of rotatable bonds is 8. The van der Waals surface area contributed by atoms with Crippen LogP contribution in [0.2, 0.25) is 0 Å². The number of benzene rings is 1. The summed E-state index contributed by atoms with van der Waals surface area (Å²) in [5.41, 5.74) is 4.94. The predicted molar refractivity (Wildman–Crippen MR) is 74.3 cm³/mol. The van der Waals surface area contributed by atoms with E-state index in [0.717, 1.165) is 6.42 Å². The van der Waals surface area contributed by atoms with Crippen LogP contribution in [0.1, 0.15) is 26.2 Å². The number of hydrogen-bond donors (Lipinski definition) is 2. The molecule has 1 aromatic carbocycles. The molecule has 1 aromatic rings. The summed E-state index contributed by atoms with van der Waals surface area (Å²) in [6.45, 7) is 1.90. The van der Waals surface area contributed by atoms with Gasteiger partial charge in [-0.1, -0.05) is 38.0 Å². The van der Waals surface area contributed by atoms with Crippen LogP contribution < -0.4 is 10.5 Å². The molecule has 0 aromatic heterocycles. The fraction of sp³-hybridized carbons (Fsp3) is 0.385. The minimum absolute atomic E-state index is 0.0405. The number of nitrogens with two attached hydrogens (primary N) is 1. The number of Topliss-reactive ketones (excluding diaryl/α,β-unsaturated/α-hetero) is 1. The number of hydrogen-bond acceptors (Lipinski definition) is 4. The van der Waals surface area contributed by atoms with Crippen LogP contribution in [0.4, 0.5) is 0 Å². The molecule has 6 nitrogen and oxygen atoms in total. The van der Waals surface area contributed by atoms with Crippen molar-refractivity contribution < 1.29 is 18.0 Å². The number of carbonyl (C=O) groups excluding carboxylic acids is 2. The van der Waals surface area contributed by atoms with Gasteiger partial charge in [-0.3, -0.25) is 9.59 Å². The van der Waals surface area contributed by atoms with Gasteiger partial charge in [-0.2, -0.15) is 0 Å². The van der Waals surface area contributed by atoms with Gasteiger partial charge in [0, 0.05) is 0 Å². The van der Waals surface area contributed by atoms with Crippen LogP contribution in [0.5, 0.6) is 0 Å². The van der Waals surface area contributed by atoms with Crippen molar-refractivity contribution in [2.45, 2.75) is 37.1 Å². The smallest absolute Gasteiger partial charge is 0.286 e. The van der Waals surface area contributed by atoms with E-state index in [1.807, 2.05) is 6.92 Å². The van der Waals surface area contributed by atoms with Gasteiger partial charge < -0.3 is 5.73 Å². The van der Waals surface area contributed by atoms with Crippen LogP contribution in [0, 0.1) is 0 Å². The zero-order valence-corrected chi connectivity index (χ0v) is 12.0. The predicted octanol–water partition coefficient (Wildman–Crippen LogP) is 0.578. The third-order valence-electron chi connectivity index (χ3n) is 2.76. The molecule has 110 valence electrons. The van der Waals surface area contributed by atoms with E-state index in [9.17, 15) is 18.0 Å². The second-order valence-corrected chi connectivity index (χ2v) is 6.07. The second-order valence-electron chi connectivity index (χ2n) is 4.36. The number of carbonyl (C=O) groups is 2. The molecule has 0 aliphatic heterocycles. The Bertz CT molecular complexity index is 569. The Morgan fingerprint density at radius 3 is 2.35 bits per heavy atom. The van der Waals surface area contributed by atoms with E-state index in [4.69, 9.17) is 5.73 Å². The van der Waals surface area contributed by atoms with Gasteiger partial charge in [0.25, 0.3) is 5.91 Å². The summed E-state index contributed by atoms with van der Waals surface area (Å²) in [4.78, 5) is 22.7. The molecule has 3 N–H and O–H groups in total. The van der Waals surface area contributed by atoms with Gasteiger partial charge in [-0.05, 0) is 18.6 Å². The molecule has 0 saturated heterocycles. The molecule has 0 aliphatic carbocycles. The molecule has 0 radical (unpaired) electrons. The first-order valence-electron chi connectivity index (χ1n) is 6.29. The number of unbranched alkanes of at least 4 members (excludes halogenated alkanes) is 1. The molecule has 1 amide bonds. The Morgan fingerprint density at radius 2 is 1.85 bits per heavy atom. The van der Waals surface area contributed by atoms with Gasteiger partial charge in [0.1, 0.15) is 0 Å². The molecular formula is C13H18N2O4S. The highest BCUT2D eigenvalue weighted by molar-refractivity contribution is 7.89. The summed E-state index contributed by atoms with van der Waals surface area (Å²) < 4.78 is 26.5. The van der Waals surface area contributed by atoms with Crippen LogP contribution in [0.3, 0.4) is 0 Å². The SMILES string of the molecule is CCCCC(NS(=O)(=O)c1ccccc1)C(=O)C(N)=O. The Labute approximate surface area is 118 Å². The molecule has 0 heterocycles. The standard InChI is InChI=1S/C13H18N2O4S/c1-2-3-9-11(12(16)13(14)17)15-20(18,19)10-7-5-4-6-8-10/h4-8,11,15H,2-3,9H2,1H3,(H2,14,17).